The maximum Gasteiger partial charge on any atom is 0.312 e. The Labute approximate surface area is 216 Å². The van der Waals surface area contributed by atoms with Gasteiger partial charge in [-0.05, 0) is 78.9 Å². The zero-order valence-corrected chi connectivity index (χ0v) is 23.0. The first kappa shape index (κ1) is 26.6. The molecule has 0 bridgehead atoms. The monoisotopic (exact) mass is 504 g/mol. The van der Waals surface area contributed by atoms with Crippen LogP contribution in [0, 0.1) is 50.2 Å². The number of fused-ring (bicyclic) bond motifs is 7. The normalized spacial score (nSPS) is 55.9. The SMILES string of the molecule is CC1(C)CCC2(C(=O)O)C(O)CC3(C)C(=CCC4C5(C)C(O)CC(O)C(C)(CO)C5CCC43C)C2C1. The van der Waals surface area contributed by atoms with E-state index in [0.717, 1.165) is 32.1 Å². The Hall–Kier alpha value is -0.950. The van der Waals surface area contributed by atoms with Gasteiger partial charge in [0.05, 0.1) is 24.9 Å². The van der Waals surface area contributed by atoms with Crippen molar-refractivity contribution in [3.63, 3.8) is 0 Å². The highest BCUT2D eigenvalue weighted by Gasteiger charge is 2.72. The van der Waals surface area contributed by atoms with Crippen LogP contribution in [0.1, 0.15) is 92.9 Å². The van der Waals surface area contributed by atoms with E-state index in [0.29, 0.717) is 12.8 Å². The molecular weight excluding hydrogens is 456 g/mol. The Morgan fingerprint density at radius 2 is 1.58 bits per heavy atom. The van der Waals surface area contributed by atoms with Gasteiger partial charge >= 0.3 is 5.97 Å². The molecule has 0 saturated heterocycles. The minimum Gasteiger partial charge on any atom is -0.481 e. The summed E-state index contributed by atoms with van der Waals surface area (Å²) in [5.74, 6) is -0.981. The Kier molecular flexibility index (Phi) is 5.77. The summed E-state index contributed by atoms with van der Waals surface area (Å²) in [6, 6.07) is 0. The summed E-state index contributed by atoms with van der Waals surface area (Å²) in [6.45, 7) is 13.0. The fraction of sp³-hybridized carbons (Fsp3) is 0.900. The molecule has 36 heavy (non-hydrogen) atoms. The van der Waals surface area contributed by atoms with E-state index >= 15 is 0 Å². The second kappa shape index (κ2) is 7.80. The van der Waals surface area contributed by atoms with Gasteiger partial charge in [-0.1, -0.05) is 53.2 Å². The molecule has 5 rings (SSSR count). The zero-order chi connectivity index (χ0) is 26.7. The first-order valence-corrected chi connectivity index (χ1v) is 14.1. The average Bonchev–Trinajstić information content (AvgIpc) is 2.78. The summed E-state index contributed by atoms with van der Waals surface area (Å²) in [5.41, 5.74) is -1.68. The van der Waals surface area contributed by atoms with Crippen LogP contribution in [-0.4, -0.2) is 56.4 Å². The molecule has 6 nitrogen and oxygen atoms in total. The third-order valence-electron chi connectivity index (χ3n) is 13.3. The molecule has 11 atom stereocenters. The van der Waals surface area contributed by atoms with Gasteiger partial charge in [0.2, 0.25) is 0 Å². The first-order chi connectivity index (χ1) is 16.5. The van der Waals surface area contributed by atoms with E-state index in [1.54, 1.807) is 0 Å². The van der Waals surface area contributed by atoms with Crippen LogP contribution >= 0.6 is 0 Å². The van der Waals surface area contributed by atoms with E-state index in [-0.39, 0.29) is 47.0 Å². The van der Waals surface area contributed by atoms with Gasteiger partial charge in [0.1, 0.15) is 5.41 Å². The number of carboxylic acids is 1. The molecule has 5 aliphatic rings. The summed E-state index contributed by atoms with van der Waals surface area (Å²) in [5, 5.41) is 55.1. The van der Waals surface area contributed by atoms with E-state index in [4.69, 9.17) is 0 Å². The van der Waals surface area contributed by atoms with Crippen molar-refractivity contribution >= 4 is 5.97 Å². The third kappa shape index (κ3) is 2.96. The molecular formula is C30H48O6. The molecule has 0 radical (unpaired) electrons. The lowest BCUT2D eigenvalue weighted by molar-refractivity contribution is -0.258. The van der Waals surface area contributed by atoms with Gasteiger partial charge in [-0.25, -0.2) is 0 Å². The fourth-order valence-electron chi connectivity index (χ4n) is 10.7. The molecule has 0 spiro atoms. The topological polar surface area (TPSA) is 118 Å². The quantitative estimate of drug-likeness (QED) is 0.361. The van der Waals surface area contributed by atoms with Crippen LogP contribution in [-0.2, 0) is 4.79 Å². The molecule has 5 N–H and O–H groups in total. The Balaban J connectivity index is 1.65. The van der Waals surface area contributed by atoms with Crippen molar-refractivity contribution in [1.29, 1.82) is 0 Å². The van der Waals surface area contributed by atoms with Crippen LogP contribution in [0.15, 0.2) is 11.6 Å². The third-order valence-corrected chi connectivity index (χ3v) is 13.3. The predicted octanol–water partition coefficient (Wildman–Crippen LogP) is 4.15. The van der Waals surface area contributed by atoms with Gasteiger partial charge in [0.25, 0.3) is 0 Å². The van der Waals surface area contributed by atoms with Gasteiger partial charge in [-0.3, -0.25) is 4.79 Å². The number of aliphatic hydroxyl groups is 4. The van der Waals surface area contributed by atoms with Crippen molar-refractivity contribution in [1.82, 2.24) is 0 Å². The number of aliphatic hydroxyl groups excluding tert-OH is 4. The van der Waals surface area contributed by atoms with Crippen LogP contribution in [0.5, 0.6) is 0 Å². The smallest absolute Gasteiger partial charge is 0.312 e. The fourth-order valence-corrected chi connectivity index (χ4v) is 10.7. The number of hydrogen-bond acceptors (Lipinski definition) is 5. The van der Waals surface area contributed by atoms with Crippen molar-refractivity contribution in [2.75, 3.05) is 6.61 Å². The van der Waals surface area contributed by atoms with Gasteiger partial charge in [-0.2, -0.15) is 0 Å². The van der Waals surface area contributed by atoms with Crippen LogP contribution < -0.4 is 0 Å². The van der Waals surface area contributed by atoms with Crippen LogP contribution in [0.25, 0.3) is 0 Å². The molecule has 0 amide bonds. The minimum absolute atomic E-state index is 0.0163. The van der Waals surface area contributed by atoms with Crippen molar-refractivity contribution in [2.24, 2.45) is 50.2 Å². The lowest BCUT2D eigenvalue weighted by Gasteiger charge is -2.72. The van der Waals surface area contributed by atoms with Crippen molar-refractivity contribution in [3.8, 4) is 0 Å². The summed E-state index contributed by atoms with van der Waals surface area (Å²) in [7, 11) is 0. The molecule has 0 aromatic heterocycles. The minimum atomic E-state index is -1.13. The highest BCUT2D eigenvalue weighted by Crippen LogP contribution is 2.75. The number of rotatable bonds is 2. The van der Waals surface area contributed by atoms with E-state index in [1.165, 1.54) is 5.57 Å². The van der Waals surface area contributed by atoms with E-state index in [2.05, 4.69) is 40.7 Å². The lowest BCUT2D eigenvalue weighted by Crippen LogP contribution is -2.70. The molecule has 6 heteroatoms. The highest BCUT2D eigenvalue weighted by atomic mass is 16.4. The lowest BCUT2D eigenvalue weighted by atomic mass is 9.33. The molecule has 0 aromatic rings. The van der Waals surface area contributed by atoms with E-state index < -0.39 is 40.5 Å². The van der Waals surface area contributed by atoms with E-state index in [9.17, 15) is 30.3 Å². The number of allylic oxidation sites excluding steroid dienone is 2. The van der Waals surface area contributed by atoms with Gasteiger partial charge in [0, 0.05) is 17.3 Å². The number of carboxylic acid groups (broad SMARTS) is 1. The van der Waals surface area contributed by atoms with Crippen molar-refractivity contribution in [3.05, 3.63) is 11.6 Å². The standard InChI is InChI=1S/C30H48O6/c1-25(2)11-12-30(24(35)36)18(14-25)17-7-8-20-27(4,28(17,5)15-23(30)34)10-9-19-26(3,16-31)21(32)13-22(33)29(19,20)6/h7,18-23,31-34H,8-16H2,1-6H3,(H,35,36). The molecule has 0 heterocycles. The number of carbonyl (C=O) groups is 1. The zero-order valence-electron chi connectivity index (χ0n) is 23.0. The second-order valence-electron chi connectivity index (χ2n) is 15.1. The Bertz CT molecular complexity index is 974. The van der Waals surface area contributed by atoms with Crippen LogP contribution in [0.2, 0.25) is 0 Å². The average molecular weight is 505 g/mol. The predicted molar refractivity (Wildman–Crippen MR) is 137 cm³/mol. The molecule has 0 aromatic carbocycles. The molecule has 4 fully saturated rings. The Morgan fingerprint density at radius 1 is 0.917 bits per heavy atom. The summed E-state index contributed by atoms with van der Waals surface area (Å²) in [4.78, 5) is 12.8. The van der Waals surface area contributed by atoms with Crippen LogP contribution in [0.3, 0.4) is 0 Å². The van der Waals surface area contributed by atoms with Crippen LogP contribution in [0.4, 0.5) is 0 Å². The maximum absolute atomic E-state index is 12.8. The van der Waals surface area contributed by atoms with Gasteiger partial charge in [-0.15, -0.1) is 0 Å². The number of hydrogen-bond donors (Lipinski definition) is 5. The van der Waals surface area contributed by atoms with Crippen molar-refractivity contribution < 1.29 is 30.3 Å². The first-order valence-electron chi connectivity index (χ1n) is 14.1. The molecule has 0 aliphatic heterocycles. The summed E-state index contributed by atoms with van der Waals surface area (Å²) in [6.07, 6.45) is 5.09. The van der Waals surface area contributed by atoms with Crippen molar-refractivity contribution in [2.45, 2.75) is 111 Å². The molecule has 11 unspecified atom stereocenters. The Morgan fingerprint density at radius 3 is 2.19 bits per heavy atom. The number of aliphatic carboxylic acids is 1. The second-order valence-corrected chi connectivity index (χ2v) is 15.1. The van der Waals surface area contributed by atoms with Gasteiger partial charge < -0.3 is 25.5 Å². The van der Waals surface area contributed by atoms with E-state index in [1.807, 2.05) is 6.92 Å². The summed E-state index contributed by atoms with van der Waals surface area (Å²) >= 11 is 0. The highest BCUT2D eigenvalue weighted by molar-refractivity contribution is 5.77. The molecule has 4 saturated carbocycles. The van der Waals surface area contributed by atoms with Gasteiger partial charge in [0.15, 0.2) is 0 Å². The maximum atomic E-state index is 12.8. The largest absolute Gasteiger partial charge is 0.481 e. The molecule has 204 valence electrons. The summed E-state index contributed by atoms with van der Waals surface area (Å²) < 4.78 is 0. The molecule has 5 aliphatic carbocycles.